The van der Waals surface area contributed by atoms with E-state index in [1.54, 1.807) is 25.1 Å². The number of carbonyl (C=O) groups excluding carboxylic acids is 1. The Bertz CT molecular complexity index is 904. The van der Waals surface area contributed by atoms with Crippen molar-refractivity contribution in [1.29, 1.82) is 0 Å². The van der Waals surface area contributed by atoms with Crippen LogP contribution in [-0.2, 0) is 14.8 Å². The molecule has 2 aromatic carbocycles. The van der Waals surface area contributed by atoms with Gasteiger partial charge in [-0.2, -0.15) is 0 Å². The Labute approximate surface area is 155 Å². The molecule has 1 amide bonds. The number of rotatable bonds is 6. The molecule has 0 aromatic heterocycles. The monoisotopic (exact) mass is 404 g/mol. The third-order valence-electron chi connectivity index (χ3n) is 3.39. The molecular formula is C16H15Cl2FN2O3S. The fraction of sp³-hybridized carbons (Fsp3) is 0.188. The van der Waals surface area contributed by atoms with Crippen LogP contribution in [0.3, 0.4) is 0 Å². The zero-order chi connectivity index (χ0) is 18.6. The predicted molar refractivity (Wildman–Crippen MR) is 96.0 cm³/mol. The Hall–Kier alpha value is -1.67. The number of halogens is 3. The SMILES string of the molecule is Cc1c(Cl)cccc1NC(=O)CCNS(=O)(=O)c1ccc(F)c(Cl)c1. The van der Waals surface area contributed by atoms with Crippen LogP contribution in [0.15, 0.2) is 41.3 Å². The van der Waals surface area contributed by atoms with Crippen molar-refractivity contribution < 1.29 is 17.6 Å². The molecule has 0 atom stereocenters. The van der Waals surface area contributed by atoms with Crippen LogP contribution in [0.25, 0.3) is 0 Å². The highest BCUT2D eigenvalue weighted by molar-refractivity contribution is 7.89. The quantitative estimate of drug-likeness (QED) is 0.769. The molecule has 0 unspecified atom stereocenters. The van der Waals surface area contributed by atoms with Gasteiger partial charge in [0.1, 0.15) is 5.82 Å². The number of hydrogen-bond acceptors (Lipinski definition) is 3. The number of hydrogen-bond donors (Lipinski definition) is 2. The molecule has 2 aromatic rings. The van der Waals surface area contributed by atoms with Gasteiger partial charge in [-0.1, -0.05) is 29.3 Å². The van der Waals surface area contributed by atoms with Crippen molar-refractivity contribution in [3.05, 3.63) is 57.8 Å². The molecule has 0 fully saturated rings. The highest BCUT2D eigenvalue weighted by Crippen LogP contribution is 2.23. The first-order valence-corrected chi connectivity index (χ1v) is 9.44. The van der Waals surface area contributed by atoms with Gasteiger partial charge in [-0.05, 0) is 42.8 Å². The van der Waals surface area contributed by atoms with Crippen LogP contribution in [0.1, 0.15) is 12.0 Å². The van der Waals surface area contributed by atoms with E-state index in [0.29, 0.717) is 10.7 Å². The summed E-state index contributed by atoms with van der Waals surface area (Å²) in [6, 6.07) is 8.17. The lowest BCUT2D eigenvalue weighted by molar-refractivity contribution is -0.116. The van der Waals surface area contributed by atoms with Crippen molar-refractivity contribution >= 4 is 44.8 Å². The van der Waals surface area contributed by atoms with Gasteiger partial charge in [0.05, 0.1) is 9.92 Å². The molecule has 25 heavy (non-hydrogen) atoms. The van der Waals surface area contributed by atoms with Gasteiger partial charge in [0.15, 0.2) is 0 Å². The number of carbonyl (C=O) groups is 1. The van der Waals surface area contributed by atoms with Gasteiger partial charge in [-0.25, -0.2) is 17.5 Å². The van der Waals surface area contributed by atoms with Gasteiger partial charge >= 0.3 is 0 Å². The van der Waals surface area contributed by atoms with E-state index in [4.69, 9.17) is 23.2 Å². The number of sulfonamides is 1. The minimum atomic E-state index is -3.89. The van der Waals surface area contributed by atoms with E-state index in [1.165, 1.54) is 0 Å². The molecule has 0 radical (unpaired) electrons. The fourth-order valence-electron chi connectivity index (χ4n) is 1.98. The first-order valence-electron chi connectivity index (χ1n) is 7.20. The summed E-state index contributed by atoms with van der Waals surface area (Å²) in [5, 5.41) is 2.89. The van der Waals surface area contributed by atoms with Gasteiger partial charge in [-0.15, -0.1) is 0 Å². The Morgan fingerprint density at radius 3 is 2.56 bits per heavy atom. The molecule has 0 heterocycles. The lowest BCUT2D eigenvalue weighted by atomic mass is 10.2. The zero-order valence-electron chi connectivity index (χ0n) is 13.1. The van der Waals surface area contributed by atoms with E-state index < -0.39 is 15.8 Å². The van der Waals surface area contributed by atoms with Gasteiger partial charge in [0.2, 0.25) is 15.9 Å². The smallest absolute Gasteiger partial charge is 0.240 e. The van der Waals surface area contributed by atoms with Crippen LogP contribution in [0.2, 0.25) is 10.0 Å². The molecule has 0 aliphatic carbocycles. The Morgan fingerprint density at radius 1 is 1.16 bits per heavy atom. The number of amides is 1. The van der Waals surface area contributed by atoms with E-state index in [1.807, 2.05) is 0 Å². The second-order valence-corrected chi connectivity index (χ2v) is 7.77. The molecule has 2 N–H and O–H groups in total. The zero-order valence-corrected chi connectivity index (χ0v) is 15.5. The van der Waals surface area contributed by atoms with Gasteiger partial charge < -0.3 is 5.32 Å². The highest BCUT2D eigenvalue weighted by atomic mass is 35.5. The van der Waals surface area contributed by atoms with E-state index in [0.717, 1.165) is 23.8 Å². The fourth-order valence-corrected chi connectivity index (χ4v) is 3.46. The molecule has 0 bridgehead atoms. The maximum absolute atomic E-state index is 13.1. The largest absolute Gasteiger partial charge is 0.326 e. The Morgan fingerprint density at radius 2 is 1.88 bits per heavy atom. The van der Waals surface area contributed by atoms with Crippen LogP contribution >= 0.6 is 23.2 Å². The molecule has 5 nitrogen and oxygen atoms in total. The van der Waals surface area contributed by atoms with Crippen molar-refractivity contribution in [2.24, 2.45) is 0 Å². The van der Waals surface area contributed by atoms with Crippen LogP contribution in [0.5, 0.6) is 0 Å². The Kier molecular flexibility index (Phi) is 6.40. The summed E-state index contributed by atoms with van der Waals surface area (Å²) in [5.41, 5.74) is 1.28. The lowest BCUT2D eigenvalue weighted by Crippen LogP contribution is -2.28. The third kappa shape index (κ3) is 5.15. The number of benzene rings is 2. The van der Waals surface area contributed by atoms with Crippen molar-refractivity contribution in [3.63, 3.8) is 0 Å². The molecular weight excluding hydrogens is 390 g/mol. The summed E-state index contributed by atoms with van der Waals surface area (Å²) in [7, 11) is -3.89. The predicted octanol–water partition coefficient (Wildman–Crippen LogP) is 3.75. The molecule has 0 aliphatic rings. The first kappa shape index (κ1) is 19.7. The van der Waals surface area contributed by atoms with Gasteiger partial charge in [0, 0.05) is 23.7 Å². The van der Waals surface area contributed by atoms with Crippen molar-refractivity contribution in [2.75, 3.05) is 11.9 Å². The standard InChI is InChI=1S/C16H15Cl2FN2O3S/c1-10-12(17)3-2-4-15(10)21-16(22)7-8-20-25(23,24)11-5-6-14(19)13(18)9-11/h2-6,9,20H,7-8H2,1H3,(H,21,22). The maximum atomic E-state index is 13.1. The van der Waals surface area contributed by atoms with Crippen molar-refractivity contribution in [1.82, 2.24) is 4.72 Å². The van der Waals surface area contributed by atoms with Crippen molar-refractivity contribution in [2.45, 2.75) is 18.2 Å². The summed E-state index contributed by atoms with van der Waals surface area (Å²) in [5.74, 6) is -1.08. The molecule has 2 rings (SSSR count). The summed E-state index contributed by atoms with van der Waals surface area (Å²) in [6.45, 7) is 1.64. The summed E-state index contributed by atoms with van der Waals surface area (Å²) >= 11 is 11.6. The average molecular weight is 405 g/mol. The summed E-state index contributed by atoms with van der Waals surface area (Å²) < 4.78 is 39.6. The van der Waals surface area contributed by atoms with E-state index in [2.05, 4.69) is 10.0 Å². The van der Waals surface area contributed by atoms with Crippen LogP contribution in [-0.4, -0.2) is 20.9 Å². The molecule has 0 saturated carbocycles. The van der Waals surface area contributed by atoms with E-state index >= 15 is 0 Å². The topological polar surface area (TPSA) is 75.3 Å². The number of nitrogens with one attached hydrogen (secondary N) is 2. The minimum absolute atomic E-state index is 0.0832. The average Bonchev–Trinajstić information content (AvgIpc) is 2.54. The molecule has 134 valence electrons. The lowest BCUT2D eigenvalue weighted by Gasteiger charge is -2.10. The maximum Gasteiger partial charge on any atom is 0.240 e. The van der Waals surface area contributed by atoms with Crippen LogP contribution in [0, 0.1) is 12.7 Å². The molecule has 0 saturated heterocycles. The molecule has 0 aliphatic heterocycles. The molecule has 9 heteroatoms. The van der Waals surface area contributed by atoms with E-state index in [9.17, 15) is 17.6 Å². The second kappa shape index (κ2) is 8.14. The van der Waals surface area contributed by atoms with Crippen LogP contribution in [0.4, 0.5) is 10.1 Å². The summed E-state index contributed by atoms with van der Waals surface area (Å²) in [4.78, 5) is 11.8. The van der Waals surface area contributed by atoms with Gasteiger partial charge in [0.25, 0.3) is 0 Å². The molecule has 0 spiro atoms. The van der Waals surface area contributed by atoms with E-state index in [-0.39, 0.29) is 28.8 Å². The third-order valence-corrected chi connectivity index (χ3v) is 5.55. The normalized spacial score (nSPS) is 11.4. The first-order chi connectivity index (χ1) is 11.7. The highest BCUT2D eigenvalue weighted by Gasteiger charge is 2.16. The van der Waals surface area contributed by atoms with Gasteiger partial charge in [-0.3, -0.25) is 4.79 Å². The number of anilines is 1. The van der Waals surface area contributed by atoms with Crippen LogP contribution < -0.4 is 10.0 Å². The van der Waals surface area contributed by atoms with Crippen molar-refractivity contribution in [3.8, 4) is 0 Å². The minimum Gasteiger partial charge on any atom is -0.326 e. The summed E-state index contributed by atoms with van der Waals surface area (Å²) in [6.07, 6.45) is -0.0832. The Balaban J connectivity index is 1.94. The second-order valence-electron chi connectivity index (χ2n) is 5.18.